The van der Waals surface area contributed by atoms with Crippen molar-refractivity contribution in [3.63, 3.8) is 0 Å². The van der Waals surface area contributed by atoms with Crippen LogP contribution in [0, 0.1) is 0 Å². The van der Waals surface area contributed by atoms with Crippen molar-refractivity contribution < 1.29 is 19.1 Å². The molecule has 2 unspecified atom stereocenters. The maximum absolute atomic E-state index is 13.7. The van der Waals surface area contributed by atoms with Crippen LogP contribution in [0.4, 0.5) is 0 Å². The third kappa shape index (κ3) is 7.91. The van der Waals surface area contributed by atoms with E-state index in [9.17, 15) is 9.59 Å². The standard InChI is InChI=1S/C53H32Cl8N6O4/c1-70-52(68)48-39-21-23-24(22-67(39)66-51(48)53(69)71-2)50-47(43-31(60)13-6-14-32(43)61)38-20-18-36(64-38)45(41-27(56)9-4-10-28(41)57)34-16-15-33(62-34)44(40-25(54)7-3-8-26(40)55)35-17-19-37(63-35)46(49(23)65-50)42-29(58)11-5-12-30(42)59/h3-20,23-24,63-64H,21-22H2,1-2H3. The average molecular weight is 1100 g/mol. The molecule has 2 N–H and O–H groups in total. The summed E-state index contributed by atoms with van der Waals surface area (Å²) in [6.45, 7) is 0.122. The lowest BCUT2D eigenvalue weighted by Crippen LogP contribution is -2.26. The Balaban J connectivity index is 1.39. The molecule has 0 spiro atoms. The Morgan fingerprint density at radius 2 is 0.859 bits per heavy atom. The predicted octanol–water partition coefficient (Wildman–Crippen LogP) is 16.3. The molecular formula is C53H32Cl8N6O4. The molecule has 0 saturated carbocycles. The van der Waals surface area contributed by atoms with Crippen LogP contribution in [0.2, 0.25) is 40.2 Å². The minimum absolute atomic E-state index is 0.0191. The monoisotopic (exact) mass is 1100 g/mol. The van der Waals surface area contributed by atoms with Gasteiger partial charge in [0, 0.05) is 78.4 Å². The molecular weight excluding hydrogens is 1070 g/mol. The van der Waals surface area contributed by atoms with Gasteiger partial charge in [0.1, 0.15) is 5.56 Å². The number of ether oxygens (including phenoxy) is 2. The minimum Gasteiger partial charge on any atom is -0.465 e. The molecule has 11 rings (SSSR count). The highest BCUT2D eigenvalue weighted by Gasteiger charge is 2.45. The van der Waals surface area contributed by atoms with Gasteiger partial charge in [0.2, 0.25) is 0 Å². The number of carbonyl (C=O) groups excluding carboxylic acids is 2. The molecule has 10 nitrogen and oxygen atoms in total. The zero-order chi connectivity index (χ0) is 49.6. The van der Waals surface area contributed by atoms with Crippen molar-refractivity contribution in [2.24, 2.45) is 0 Å². The van der Waals surface area contributed by atoms with Gasteiger partial charge in [-0.05, 0) is 91.4 Å². The van der Waals surface area contributed by atoms with E-state index in [0.29, 0.717) is 135 Å². The molecule has 8 aromatic rings. The van der Waals surface area contributed by atoms with Gasteiger partial charge in [0.15, 0.2) is 5.69 Å². The summed E-state index contributed by atoms with van der Waals surface area (Å²) in [5.41, 5.74) is 8.94. The van der Waals surface area contributed by atoms with Crippen LogP contribution in [0.25, 0.3) is 78.7 Å². The molecule has 3 aliphatic heterocycles. The van der Waals surface area contributed by atoms with Crippen molar-refractivity contribution in [1.82, 2.24) is 29.7 Å². The van der Waals surface area contributed by atoms with Crippen LogP contribution in [0.3, 0.4) is 0 Å². The van der Waals surface area contributed by atoms with Crippen molar-refractivity contribution in [2.75, 3.05) is 14.2 Å². The topological polar surface area (TPSA) is 128 Å². The first-order valence-electron chi connectivity index (χ1n) is 21.8. The fourth-order valence-electron chi connectivity index (χ4n) is 9.98. The Bertz CT molecular complexity index is 3740. The quantitative estimate of drug-likeness (QED) is 0.159. The van der Waals surface area contributed by atoms with Crippen LogP contribution >= 0.6 is 92.8 Å². The van der Waals surface area contributed by atoms with Crippen molar-refractivity contribution >= 4 is 139 Å². The molecule has 71 heavy (non-hydrogen) atoms. The van der Waals surface area contributed by atoms with E-state index in [1.807, 2.05) is 36.4 Å². The molecule has 4 aromatic carbocycles. The zero-order valence-corrected chi connectivity index (χ0v) is 43.0. The summed E-state index contributed by atoms with van der Waals surface area (Å²) in [6.07, 6.45) is 3.90. The maximum Gasteiger partial charge on any atom is 0.359 e. The lowest BCUT2D eigenvalue weighted by Gasteiger charge is -2.29. The van der Waals surface area contributed by atoms with Crippen molar-refractivity contribution in [1.29, 1.82) is 0 Å². The van der Waals surface area contributed by atoms with Crippen molar-refractivity contribution in [3.8, 4) is 44.5 Å². The Morgan fingerprint density at radius 3 is 1.25 bits per heavy atom. The number of methoxy groups -OCH3 is 2. The number of rotatable bonds is 6. The highest BCUT2D eigenvalue weighted by atomic mass is 35.5. The summed E-state index contributed by atoms with van der Waals surface area (Å²) in [6, 6.07) is 28.8. The molecule has 4 aromatic heterocycles. The van der Waals surface area contributed by atoms with Gasteiger partial charge in [0.25, 0.3) is 0 Å². The Morgan fingerprint density at radius 1 is 0.493 bits per heavy atom. The number of esters is 2. The van der Waals surface area contributed by atoms with Crippen molar-refractivity contribution in [2.45, 2.75) is 24.8 Å². The fourth-order valence-corrected chi connectivity index (χ4v) is 12.3. The van der Waals surface area contributed by atoms with E-state index in [2.05, 4.69) is 9.97 Å². The molecule has 7 heterocycles. The van der Waals surface area contributed by atoms with Gasteiger partial charge in [0.05, 0.1) is 89.4 Å². The van der Waals surface area contributed by atoms with Crippen LogP contribution in [0.1, 0.15) is 61.2 Å². The first-order chi connectivity index (χ1) is 34.3. The zero-order valence-electron chi connectivity index (χ0n) is 36.9. The number of fused-ring (bicyclic) bond motifs is 12. The summed E-state index contributed by atoms with van der Waals surface area (Å²) in [7, 11) is 2.47. The second kappa shape index (κ2) is 18.7. The maximum atomic E-state index is 13.7. The third-order valence-corrected chi connectivity index (χ3v) is 15.5. The fraction of sp³-hybridized carbons (Fsp3) is 0.113. The van der Waals surface area contributed by atoms with Gasteiger partial charge in [-0.1, -0.05) is 117 Å². The Hall–Kier alpha value is -5.79. The second-order valence-electron chi connectivity index (χ2n) is 16.8. The lowest BCUT2D eigenvalue weighted by molar-refractivity contribution is 0.0551. The number of halogens is 8. The smallest absolute Gasteiger partial charge is 0.359 e. The van der Waals surface area contributed by atoms with E-state index >= 15 is 0 Å². The number of nitrogens with one attached hydrogen (secondary N) is 2. The first-order valence-corrected chi connectivity index (χ1v) is 24.8. The summed E-state index contributed by atoms with van der Waals surface area (Å²) < 4.78 is 12.0. The number of nitrogens with zero attached hydrogens (tertiary/aromatic N) is 4. The number of H-pyrrole nitrogens is 2. The Kier molecular flexibility index (Phi) is 12.5. The number of hydrogen-bond donors (Lipinski definition) is 2. The SMILES string of the molecule is COC(=O)c1nn2c(c1C(=O)OC)CC1c3nc(c(-c4c(Cl)cccc4Cl)c4ccc([nH]4)c(-c4c(Cl)cccc4Cl)c4nc(c(-c5c(Cl)cccc5Cl)c5ccc([nH]5)c3-c3c(Cl)cccc3Cl)C=C4)C1C2. The van der Waals surface area contributed by atoms with E-state index in [1.54, 1.807) is 77.5 Å². The van der Waals surface area contributed by atoms with Gasteiger partial charge >= 0.3 is 11.9 Å². The van der Waals surface area contributed by atoms with Gasteiger partial charge in [-0.15, -0.1) is 0 Å². The molecule has 0 saturated heterocycles. The number of aromatic amines is 2. The van der Waals surface area contributed by atoms with E-state index in [1.165, 1.54) is 14.2 Å². The summed E-state index contributed by atoms with van der Waals surface area (Å²) in [5.74, 6) is -2.65. The summed E-state index contributed by atoms with van der Waals surface area (Å²) >= 11 is 57.3. The van der Waals surface area contributed by atoms with E-state index in [0.717, 1.165) is 0 Å². The van der Waals surface area contributed by atoms with E-state index in [-0.39, 0.29) is 24.2 Å². The lowest BCUT2D eigenvalue weighted by atomic mass is 9.79. The van der Waals surface area contributed by atoms with Gasteiger partial charge < -0.3 is 19.4 Å². The first kappa shape index (κ1) is 47.5. The predicted molar refractivity (Wildman–Crippen MR) is 286 cm³/mol. The van der Waals surface area contributed by atoms with Crippen LogP contribution < -0.4 is 0 Å². The number of carbonyl (C=O) groups is 2. The molecule has 2 atom stereocenters. The highest BCUT2D eigenvalue weighted by Crippen LogP contribution is 2.54. The van der Waals surface area contributed by atoms with Crippen molar-refractivity contribution in [3.05, 3.63) is 177 Å². The largest absolute Gasteiger partial charge is 0.465 e. The molecule has 354 valence electrons. The summed E-state index contributed by atoms with van der Waals surface area (Å²) in [4.78, 5) is 45.5. The normalized spacial score (nSPS) is 14.8. The number of hydrogen-bond acceptors (Lipinski definition) is 7. The number of aromatic nitrogens is 6. The molecule has 0 fully saturated rings. The molecule has 0 amide bonds. The van der Waals surface area contributed by atoms with Crippen LogP contribution in [-0.2, 0) is 22.4 Å². The second-order valence-corrected chi connectivity index (χ2v) is 20.1. The van der Waals surface area contributed by atoms with E-state index in [4.69, 9.17) is 117 Å². The minimum atomic E-state index is -0.803. The van der Waals surface area contributed by atoms with Gasteiger partial charge in [-0.2, -0.15) is 5.10 Å². The number of benzene rings is 4. The molecule has 8 bridgehead atoms. The molecule has 0 aliphatic carbocycles. The van der Waals surface area contributed by atoms with Crippen LogP contribution in [-0.4, -0.2) is 55.9 Å². The van der Waals surface area contributed by atoms with E-state index < -0.39 is 23.8 Å². The third-order valence-electron chi connectivity index (χ3n) is 13.0. The Labute approximate surface area is 445 Å². The van der Waals surface area contributed by atoms with Crippen LogP contribution in [0.5, 0.6) is 0 Å². The average Bonchev–Trinajstić information content (AvgIpc) is 4.21. The van der Waals surface area contributed by atoms with Crippen LogP contribution in [0.15, 0.2) is 97.1 Å². The van der Waals surface area contributed by atoms with Gasteiger partial charge in [-0.3, -0.25) is 9.67 Å². The molecule has 0 radical (unpaired) electrons. The van der Waals surface area contributed by atoms with Gasteiger partial charge in [-0.25, -0.2) is 14.6 Å². The highest BCUT2D eigenvalue weighted by molar-refractivity contribution is 6.42. The summed E-state index contributed by atoms with van der Waals surface area (Å²) in [5, 5.41) is 7.58. The molecule has 3 aliphatic rings. The molecule has 18 heteroatoms.